The Morgan fingerprint density at radius 1 is 1.05 bits per heavy atom. The minimum absolute atomic E-state index is 0.00692. The minimum atomic E-state index is -3.43. The van der Waals surface area contributed by atoms with Crippen molar-refractivity contribution in [1.82, 2.24) is 19.2 Å². The van der Waals surface area contributed by atoms with Gasteiger partial charge in [0, 0.05) is 36.6 Å². The first-order valence-electron chi connectivity index (χ1n) is 12.2. The van der Waals surface area contributed by atoms with E-state index in [-0.39, 0.29) is 17.6 Å². The second-order valence-corrected chi connectivity index (χ2v) is 11.9. The van der Waals surface area contributed by atoms with Crippen molar-refractivity contribution in [2.75, 3.05) is 38.6 Å². The molecule has 11 heteroatoms. The SMILES string of the molecule is COC(=O)[C@@H](Nc1nc(CN2CCN(S(=O)(=O)Cc3ccc(Cl)cc3)CC2)nc2ccccc12)C(C)C. The van der Waals surface area contributed by atoms with Crippen LogP contribution < -0.4 is 5.32 Å². The predicted molar refractivity (Wildman–Crippen MR) is 145 cm³/mol. The molecule has 0 saturated carbocycles. The molecule has 0 aliphatic carbocycles. The maximum absolute atomic E-state index is 12.9. The number of aromatic nitrogens is 2. The molecule has 4 rings (SSSR count). The Kier molecular flexibility index (Phi) is 8.63. The average Bonchev–Trinajstić information content (AvgIpc) is 2.88. The minimum Gasteiger partial charge on any atom is -0.467 e. The van der Waals surface area contributed by atoms with Crippen molar-refractivity contribution in [1.29, 1.82) is 0 Å². The maximum atomic E-state index is 12.9. The van der Waals surface area contributed by atoms with Gasteiger partial charge in [0.1, 0.15) is 17.7 Å². The number of methoxy groups -OCH3 is 1. The fourth-order valence-corrected chi connectivity index (χ4v) is 5.97. The Bertz CT molecular complexity index is 1340. The lowest BCUT2D eigenvalue weighted by atomic mass is 10.0. The number of hydrogen-bond donors (Lipinski definition) is 1. The van der Waals surface area contributed by atoms with Crippen LogP contribution >= 0.6 is 11.6 Å². The van der Waals surface area contributed by atoms with Gasteiger partial charge in [0.05, 0.1) is 24.9 Å². The number of carbonyl (C=O) groups excluding carboxylic acids is 1. The molecule has 0 unspecified atom stereocenters. The highest BCUT2D eigenvalue weighted by Gasteiger charge is 2.28. The van der Waals surface area contributed by atoms with Crippen molar-refractivity contribution in [2.45, 2.75) is 32.2 Å². The lowest BCUT2D eigenvalue weighted by molar-refractivity contribution is -0.142. The van der Waals surface area contributed by atoms with Gasteiger partial charge in [-0.2, -0.15) is 4.31 Å². The summed E-state index contributed by atoms with van der Waals surface area (Å²) in [5, 5.41) is 4.66. The van der Waals surface area contributed by atoms with Crippen LogP contribution in [-0.4, -0.2) is 72.9 Å². The van der Waals surface area contributed by atoms with Gasteiger partial charge >= 0.3 is 5.97 Å². The number of sulfonamides is 1. The number of benzene rings is 2. The van der Waals surface area contributed by atoms with E-state index in [0.717, 1.165) is 10.9 Å². The lowest BCUT2D eigenvalue weighted by Gasteiger charge is -2.33. The average molecular weight is 546 g/mol. The Balaban J connectivity index is 1.46. The number of rotatable bonds is 9. The van der Waals surface area contributed by atoms with Crippen LogP contribution in [0.4, 0.5) is 5.82 Å². The summed E-state index contributed by atoms with van der Waals surface area (Å²) in [5.74, 6) is 0.770. The number of ether oxygens (including phenoxy) is 1. The molecule has 2 heterocycles. The first-order valence-corrected chi connectivity index (χ1v) is 14.2. The van der Waals surface area contributed by atoms with Gasteiger partial charge in [-0.25, -0.2) is 23.2 Å². The second kappa shape index (κ2) is 11.7. The zero-order chi connectivity index (χ0) is 26.6. The normalized spacial score (nSPS) is 16.1. The highest BCUT2D eigenvalue weighted by molar-refractivity contribution is 7.88. The molecule has 0 bridgehead atoms. The van der Waals surface area contributed by atoms with Crippen molar-refractivity contribution in [3.8, 4) is 0 Å². The van der Waals surface area contributed by atoms with Crippen molar-refractivity contribution in [2.24, 2.45) is 5.92 Å². The van der Waals surface area contributed by atoms with Crippen molar-refractivity contribution >= 4 is 44.3 Å². The van der Waals surface area contributed by atoms with Gasteiger partial charge in [-0.15, -0.1) is 0 Å². The fourth-order valence-electron chi connectivity index (χ4n) is 4.33. The molecular weight excluding hydrogens is 514 g/mol. The molecule has 1 atom stereocenters. The smallest absolute Gasteiger partial charge is 0.328 e. The maximum Gasteiger partial charge on any atom is 0.328 e. The monoisotopic (exact) mass is 545 g/mol. The highest BCUT2D eigenvalue weighted by atomic mass is 35.5. The van der Waals surface area contributed by atoms with E-state index in [9.17, 15) is 13.2 Å². The molecule has 1 fully saturated rings. The summed E-state index contributed by atoms with van der Waals surface area (Å²) < 4.78 is 32.4. The number of para-hydroxylation sites is 1. The van der Waals surface area contributed by atoms with Gasteiger partial charge in [0.15, 0.2) is 0 Å². The van der Waals surface area contributed by atoms with E-state index in [1.54, 1.807) is 24.3 Å². The number of nitrogens with one attached hydrogen (secondary N) is 1. The first-order chi connectivity index (χ1) is 17.7. The summed E-state index contributed by atoms with van der Waals surface area (Å²) in [7, 11) is -2.06. The fraction of sp³-hybridized carbons (Fsp3) is 0.423. The van der Waals surface area contributed by atoms with Crippen LogP contribution in [0.15, 0.2) is 48.5 Å². The third-order valence-corrected chi connectivity index (χ3v) is 8.52. The summed E-state index contributed by atoms with van der Waals surface area (Å²) in [6.07, 6.45) is 0. The van der Waals surface area contributed by atoms with Crippen molar-refractivity contribution < 1.29 is 17.9 Å². The molecule has 37 heavy (non-hydrogen) atoms. The van der Waals surface area contributed by atoms with E-state index in [2.05, 4.69) is 10.2 Å². The van der Waals surface area contributed by atoms with Crippen LogP contribution in [0, 0.1) is 5.92 Å². The van der Waals surface area contributed by atoms with Crippen LogP contribution in [0.1, 0.15) is 25.2 Å². The predicted octanol–water partition coefficient (Wildman–Crippen LogP) is 3.54. The third kappa shape index (κ3) is 6.75. The number of fused-ring (bicyclic) bond motifs is 1. The first kappa shape index (κ1) is 27.3. The number of anilines is 1. The number of hydrogen-bond acceptors (Lipinski definition) is 8. The van der Waals surface area contributed by atoms with Crippen LogP contribution in [0.3, 0.4) is 0 Å². The third-order valence-electron chi connectivity index (χ3n) is 6.42. The van der Waals surface area contributed by atoms with Gasteiger partial charge in [-0.05, 0) is 35.7 Å². The van der Waals surface area contributed by atoms with Gasteiger partial charge in [0.2, 0.25) is 10.0 Å². The molecule has 9 nitrogen and oxygen atoms in total. The van der Waals surface area contributed by atoms with Crippen LogP contribution in [0.25, 0.3) is 10.9 Å². The number of piperazine rings is 1. The molecule has 0 amide bonds. The standard InChI is InChI=1S/C26H32ClN5O4S/c1-18(2)24(26(33)36-3)30-25-21-6-4-5-7-22(21)28-23(29-25)16-31-12-14-32(15-13-31)37(34,35)17-19-8-10-20(27)11-9-19/h4-11,18,24H,12-17H2,1-3H3,(H,28,29,30)/t24-/m0/s1. The molecule has 2 aromatic carbocycles. The van der Waals surface area contributed by atoms with Crippen LogP contribution in [0.5, 0.6) is 0 Å². The van der Waals surface area contributed by atoms with E-state index in [1.807, 2.05) is 38.1 Å². The molecule has 1 aromatic heterocycles. The highest BCUT2D eigenvalue weighted by Crippen LogP contribution is 2.24. The Morgan fingerprint density at radius 2 is 1.73 bits per heavy atom. The van der Waals surface area contributed by atoms with Crippen molar-refractivity contribution in [3.63, 3.8) is 0 Å². The van der Waals surface area contributed by atoms with Crippen LogP contribution in [-0.2, 0) is 31.9 Å². The summed E-state index contributed by atoms with van der Waals surface area (Å²) in [6, 6.07) is 14.0. The molecule has 3 aromatic rings. The van der Waals surface area contributed by atoms with E-state index in [0.29, 0.717) is 55.0 Å². The number of halogens is 1. The molecule has 198 valence electrons. The summed E-state index contributed by atoms with van der Waals surface area (Å²) >= 11 is 5.91. The molecule has 0 radical (unpaired) electrons. The second-order valence-electron chi connectivity index (χ2n) is 9.45. The zero-order valence-corrected chi connectivity index (χ0v) is 22.8. The van der Waals surface area contributed by atoms with Gasteiger partial charge in [-0.3, -0.25) is 4.90 Å². The number of carbonyl (C=O) groups is 1. The molecule has 1 aliphatic heterocycles. The molecule has 1 saturated heterocycles. The quantitative estimate of drug-likeness (QED) is 0.407. The van der Waals surface area contributed by atoms with E-state index in [4.69, 9.17) is 26.3 Å². The van der Waals surface area contributed by atoms with Gasteiger partial charge in [0.25, 0.3) is 0 Å². The van der Waals surface area contributed by atoms with Gasteiger partial charge < -0.3 is 10.1 Å². The summed E-state index contributed by atoms with van der Waals surface area (Å²) in [4.78, 5) is 24.0. The Labute approximate surface area is 222 Å². The Hall–Kier alpha value is -2.79. The molecule has 1 aliphatic rings. The largest absolute Gasteiger partial charge is 0.467 e. The molecular formula is C26H32ClN5O4S. The topological polar surface area (TPSA) is 105 Å². The van der Waals surface area contributed by atoms with E-state index in [1.165, 1.54) is 11.4 Å². The lowest BCUT2D eigenvalue weighted by Crippen LogP contribution is -2.48. The number of nitrogens with zero attached hydrogens (tertiary/aromatic N) is 4. The van der Waals surface area contributed by atoms with Crippen molar-refractivity contribution in [3.05, 3.63) is 64.9 Å². The zero-order valence-electron chi connectivity index (χ0n) is 21.2. The number of esters is 1. The molecule has 0 spiro atoms. The van der Waals surface area contributed by atoms with E-state index < -0.39 is 16.1 Å². The van der Waals surface area contributed by atoms with Crippen LogP contribution in [0.2, 0.25) is 5.02 Å². The van der Waals surface area contributed by atoms with Gasteiger partial charge in [-0.1, -0.05) is 49.7 Å². The Morgan fingerprint density at radius 3 is 2.38 bits per heavy atom. The molecule has 1 N–H and O–H groups in total. The summed E-state index contributed by atoms with van der Waals surface area (Å²) in [6.45, 7) is 6.28. The summed E-state index contributed by atoms with van der Waals surface area (Å²) in [5.41, 5.74) is 1.48. The van der Waals surface area contributed by atoms with E-state index >= 15 is 0 Å².